The summed E-state index contributed by atoms with van der Waals surface area (Å²) >= 11 is 5.29. The lowest BCUT2D eigenvalue weighted by atomic mass is 9.85. The predicted octanol–water partition coefficient (Wildman–Crippen LogP) is 2.46. The van der Waals surface area contributed by atoms with Crippen LogP contribution in [-0.2, 0) is 4.74 Å². The second-order valence-electron chi connectivity index (χ2n) is 4.93. The van der Waals surface area contributed by atoms with Gasteiger partial charge in [0.1, 0.15) is 0 Å². The van der Waals surface area contributed by atoms with Crippen LogP contribution in [0.1, 0.15) is 45.4 Å². The summed E-state index contributed by atoms with van der Waals surface area (Å²) in [5.41, 5.74) is 0. The van der Waals surface area contributed by atoms with Crippen LogP contribution in [0, 0.1) is 5.92 Å². The molecule has 4 heteroatoms. The SMILES string of the molecule is COCCCNC(=S)NC(C)C1CCCCC1. The van der Waals surface area contributed by atoms with E-state index in [2.05, 4.69) is 17.6 Å². The fourth-order valence-electron chi connectivity index (χ4n) is 2.43. The Morgan fingerprint density at radius 3 is 2.71 bits per heavy atom. The lowest BCUT2D eigenvalue weighted by Crippen LogP contribution is -2.44. The molecule has 3 nitrogen and oxygen atoms in total. The number of hydrogen-bond donors (Lipinski definition) is 2. The first-order valence-corrected chi connectivity index (χ1v) is 7.18. The second kappa shape index (κ2) is 8.70. The standard InChI is InChI=1S/C13H26N2OS/c1-11(12-7-4-3-5-8-12)15-13(17)14-9-6-10-16-2/h11-12H,3-10H2,1-2H3,(H2,14,15,17). The van der Waals surface area contributed by atoms with Crippen LogP contribution >= 0.6 is 12.2 Å². The van der Waals surface area contributed by atoms with E-state index in [1.54, 1.807) is 7.11 Å². The van der Waals surface area contributed by atoms with Crippen LogP contribution < -0.4 is 10.6 Å². The summed E-state index contributed by atoms with van der Waals surface area (Å²) in [6.45, 7) is 3.92. The van der Waals surface area contributed by atoms with Gasteiger partial charge in [-0.2, -0.15) is 0 Å². The molecule has 1 saturated carbocycles. The Balaban J connectivity index is 2.11. The molecular formula is C13H26N2OS. The molecule has 0 aromatic carbocycles. The zero-order chi connectivity index (χ0) is 12.5. The molecule has 1 aliphatic rings. The van der Waals surface area contributed by atoms with Gasteiger partial charge in [0.25, 0.3) is 0 Å². The molecule has 0 spiro atoms. The first kappa shape index (κ1) is 14.7. The van der Waals surface area contributed by atoms with E-state index in [-0.39, 0.29) is 0 Å². The Kier molecular flexibility index (Phi) is 7.53. The lowest BCUT2D eigenvalue weighted by Gasteiger charge is -2.29. The highest BCUT2D eigenvalue weighted by Gasteiger charge is 2.20. The summed E-state index contributed by atoms with van der Waals surface area (Å²) in [5, 5.41) is 7.42. The summed E-state index contributed by atoms with van der Waals surface area (Å²) in [7, 11) is 1.72. The lowest BCUT2D eigenvalue weighted by molar-refractivity contribution is 0.195. The van der Waals surface area contributed by atoms with Crippen molar-refractivity contribution < 1.29 is 4.74 Å². The maximum atomic E-state index is 5.29. The van der Waals surface area contributed by atoms with Gasteiger partial charge in [0.2, 0.25) is 0 Å². The second-order valence-corrected chi connectivity index (χ2v) is 5.34. The van der Waals surface area contributed by atoms with E-state index < -0.39 is 0 Å². The van der Waals surface area contributed by atoms with Crippen LogP contribution in [0.4, 0.5) is 0 Å². The van der Waals surface area contributed by atoms with Crippen molar-refractivity contribution in [2.45, 2.75) is 51.5 Å². The summed E-state index contributed by atoms with van der Waals surface area (Å²) in [6.07, 6.45) is 7.86. The maximum absolute atomic E-state index is 5.29. The fraction of sp³-hybridized carbons (Fsp3) is 0.923. The van der Waals surface area contributed by atoms with E-state index in [4.69, 9.17) is 17.0 Å². The van der Waals surface area contributed by atoms with Crippen LogP contribution in [0.25, 0.3) is 0 Å². The quantitative estimate of drug-likeness (QED) is 0.566. The third-order valence-corrected chi connectivity index (χ3v) is 3.79. The van der Waals surface area contributed by atoms with Crippen molar-refractivity contribution in [2.24, 2.45) is 5.92 Å². The smallest absolute Gasteiger partial charge is 0.166 e. The van der Waals surface area contributed by atoms with Crippen LogP contribution in [0.3, 0.4) is 0 Å². The van der Waals surface area contributed by atoms with Crippen LogP contribution in [0.2, 0.25) is 0 Å². The van der Waals surface area contributed by atoms with Gasteiger partial charge in [0.15, 0.2) is 5.11 Å². The van der Waals surface area contributed by atoms with Crippen molar-refractivity contribution >= 4 is 17.3 Å². The van der Waals surface area contributed by atoms with Crippen LogP contribution in [0.15, 0.2) is 0 Å². The minimum atomic E-state index is 0.498. The molecule has 0 aromatic heterocycles. The molecule has 1 unspecified atom stereocenters. The monoisotopic (exact) mass is 258 g/mol. The molecule has 0 saturated heterocycles. The zero-order valence-corrected chi connectivity index (χ0v) is 11.9. The maximum Gasteiger partial charge on any atom is 0.166 e. The van der Waals surface area contributed by atoms with E-state index in [0.717, 1.165) is 30.6 Å². The molecular weight excluding hydrogens is 232 g/mol. The molecule has 0 aromatic rings. The van der Waals surface area contributed by atoms with E-state index >= 15 is 0 Å². The molecule has 0 aliphatic heterocycles. The van der Waals surface area contributed by atoms with E-state index in [1.165, 1.54) is 32.1 Å². The molecule has 0 heterocycles. The first-order chi connectivity index (χ1) is 8.24. The van der Waals surface area contributed by atoms with E-state index in [9.17, 15) is 0 Å². The van der Waals surface area contributed by atoms with E-state index in [0.29, 0.717) is 6.04 Å². The molecule has 100 valence electrons. The summed E-state index contributed by atoms with van der Waals surface area (Å²) in [5.74, 6) is 0.794. The molecule has 0 bridgehead atoms. The third kappa shape index (κ3) is 6.22. The number of nitrogens with one attached hydrogen (secondary N) is 2. The molecule has 0 amide bonds. The van der Waals surface area contributed by atoms with E-state index in [1.807, 2.05) is 0 Å². The fourth-order valence-corrected chi connectivity index (χ4v) is 2.72. The first-order valence-electron chi connectivity index (χ1n) is 6.77. The van der Waals surface area contributed by atoms with Crippen molar-refractivity contribution in [3.8, 4) is 0 Å². The molecule has 2 N–H and O–H groups in total. The number of ether oxygens (including phenoxy) is 1. The van der Waals surface area contributed by atoms with Gasteiger partial charge in [-0.25, -0.2) is 0 Å². The molecule has 1 aliphatic carbocycles. The Morgan fingerprint density at radius 2 is 2.06 bits per heavy atom. The van der Waals surface area contributed by atoms with Gasteiger partial charge in [-0.15, -0.1) is 0 Å². The van der Waals surface area contributed by atoms with Crippen molar-refractivity contribution in [1.29, 1.82) is 0 Å². The van der Waals surface area contributed by atoms with Crippen molar-refractivity contribution in [2.75, 3.05) is 20.3 Å². The minimum Gasteiger partial charge on any atom is -0.385 e. The largest absolute Gasteiger partial charge is 0.385 e. The molecule has 1 fully saturated rings. The molecule has 1 rings (SSSR count). The topological polar surface area (TPSA) is 33.3 Å². The average Bonchev–Trinajstić information content (AvgIpc) is 2.36. The van der Waals surface area contributed by atoms with Crippen molar-refractivity contribution in [3.63, 3.8) is 0 Å². The van der Waals surface area contributed by atoms with Gasteiger partial charge in [-0.1, -0.05) is 19.3 Å². The predicted molar refractivity (Wildman–Crippen MR) is 76.3 cm³/mol. The average molecular weight is 258 g/mol. The third-order valence-electron chi connectivity index (χ3n) is 3.53. The Bertz CT molecular complexity index is 217. The van der Waals surface area contributed by atoms with Gasteiger partial charge < -0.3 is 15.4 Å². The molecule has 17 heavy (non-hydrogen) atoms. The highest BCUT2D eigenvalue weighted by molar-refractivity contribution is 7.80. The van der Waals surface area contributed by atoms with Gasteiger partial charge >= 0.3 is 0 Å². The van der Waals surface area contributed by atoms with Gasteiger partial charge in [0.05, 0.1) is 0 Å². The van der Waals surface area contributed by atoms with Gasteiger partial charge in [-0.3, -0.25) is 0 Å². The normalized spacial score (nSPS) is 18.7. The molecule has 1 atom stereocenters. The summed E-state index contributed by atoms with van der Waals surface area (Å²) < 4.78 is 5.00. The Labute approximate surface area is 111 Å². The number of rotatable bonds is 6. The molecule has 0 radical (unpaired) electrons. The number of hydrogen-bond acceptors (Lipinski definition) is 2. The Morgan fingerprint density at radius 1 is 1.35 bits per heavy atom. The van der Waals surface area contributed by atoms with Gasteiger partial charge in [-0.05, 0) is 44.3 Å². The highest BCUT2D eigenvalue weighted by atomic mass is 32.1. The van der Waals surface area contributed by atoms with Gasteiger partial charge in [0, 0.05) is 26.3 Å². The highest BCUT2D eigenvalue weighted by Crippen LogP contribution is 2.26. The van der Waals surface area contributed by atoms with Crippen molar-refractivity contribution in [1.82, 2.24) is 10.6 Å². The minimum absolute atomic E-state index is 0.498. The number of thiocarbonyl (C=S) groups is 1. The van der Waals surface area contributed by atoms with Crippen LogP contribution in [-0.4, -0.2) is 31.4 Å². The van der Waals surface area contributed by atoms with Crippen molar-refractivity contribution in [3.05, 3.63) is 0 Å². The summed E-state index contributed by atoms with van der Waals surface area (Å²) in [6, 6.07) is 0.498. The Hall–Kier alpha value is -0.350. The number of methoxy groups -OCH3 is 1. The summed E-state index contributed by atoms with van der Waals surface area (Å²) in [4.78, 5) is 0. The van der Waals surface area contributed by atoms with Crippen LogP contribution in [0.5, 0.6) is 0 Å². The zero-order valence-electron chi connectivity index (χ0n) is 11.1.